The molecule has 2 aromatic rings. The van der Waals surface area contributed by atoms with Crippen molar-refractivity contribution in [3.8, 4) is 5.75 Å². The average Bonchev–Trinajstić information content (AvgIpc) is 2.96. The summed E-state index contributed by atoms with van der Waals surface area (Å²) in [4.78, 5) is 53.8. The maximum absolute atomic E-state index is 12.7. The molecule has 0 unspecified atom stereocenters. The molecule has 0 bridgehead atoms. The summed E-state index contributed by atoms with van der Waals surface area (Å²) in [7, 11) is 0. The highest BCUT2D eigenvalue weighted by molar-refractivity contribution is 6.22. The first-order valence-corrected chi connectivity index (χ1v) is 9.24. The van der Waals surface area contributed by atoms with E-state index in [0.717, 1.165) is 4.90 Å². The molecule has 9 nitrogen and oxygen atoms in total. The fraction of sp³-hybridized carbons (Fsp3) is 0.286. The Kier molecular flexibility index (Phi) is 5.81. The minimum atomic E-state index is -1.13. The van der Waals surface area contributed by atoms with E-state index in [4.69, 9.17) is 9.84 Å². The first kappa shape index (κ1) is 21.0. The number of aliphatic carboxylic acids is 1. The SMILES string of the molecule is CC(C)(CC(=O)NCc1ncccc1OCC(=O)O)N1C(=O)c2ccccc2C1=O. The van der Waals surface area contributed by atoms with Crippen LogP contribution in [0.25, 0.3) is 0 Å². The molecule has 0 saturated carbocycles. The number of carbonyl (C=O) groups is 4. The Morgan fingerprint density at radius 2 is 1.73 bits per heavy atom. The van der Waals surface area contributed by atoms with Gasteiger partial charge in [0.15, 0.2) is 6.61 Å². The molecule has 3 amide bonds. The van der Waals surface area contributed by atoms with Crippen LogP contribution >= 0.6 is 0 Å². The highest BCUT2D eigenvalue weighted by Crippen LogP contribution is 2.31. The fourth-order valence-electron chi connectivity index (χ4n) is 3.28. The topological polar surface area (TPSA) is 126 Å². The lowest BCUT2D eigenvalue weighted by Crippen LogP contribution is -2.50. The van der Waals surface area contributed by atoms with E-state index in [1.54, 1.807) is 50.2 Å². The predicted molar refractivity (Wildman–Crippen MR) is 105 cm³/mol. The molecule has 1 aromatic carbocycles. The number of aromatic nitrogens is 1. The number of rotatable bonds is 8. The number of carboxylic acid groups (broad SMARTS) is 1. The smallest absolute Gasteiger partial charge is 0.341 e. The molecular weight excluding hydrogens is 390 g/mol. The van der Waals surface area contributed by atoms with Crippen LogP contribution in [-0.2, 0) is 16.1 Å². The highest BCUT2D eigenvalue weighted by Gasteiger charge is 2.44. The maximum atomic E-state index is 12.7. The summed E-state index contributed by atoms with van der Waals surface area (Å²) in [6.07, 6.45) is 1.38. The average molecular weight is 411 g/mol. The zero-order valence-electron chi connectivity index (χ0n) is 16.5. The molecule has 1 aliphatic rings. The van der Waals surface area contributed by atoms with Gasteiger partial charge in [0, 0.05) is 12.6 Å². The number of nitrogens with zero attached hydrogens (tertiary/aromatic N) is 2. The molecule has 0 fully saturated rings. The summed E-state index contributed by atoms with van der Waals surface area (Å²) < 4.78 is 5.17. The van der Waals surface area contributed by atoms with Gasteiger partial charge in [-0.05, 0) is 38.1 Å². The third kappa shape index (κ3) is 4.29. The highest BCUT2D eigenvalue weighted by atomic mass is 16.5. The van der Waals surface area contributed by atoms with Crippen molar-refractivity contribution in [2.24, 2.45) is 0 Å². The summed E-state index contributed by atoms with van der Waals surface area (Å²) in [5, 5.41) is 11.4. The van der Waals surface area contributed by atoms with E-state index in [9.17, 15) is 19.2 Å². The second-order valence-electron chi connectivity index (χ2n) is 7.39. The van der Waals surface area contributed by atoms with E-state index in [2.05, 4.69) is 10.3 Å². The van der Waals surface area contributed by atoms with Crippen molar-refractivity contribution in [3.63, 3.8) is 0 Å². The Morgan fingerprint density at radius 1 is 1.10 bits per heavy atom. The van der Waals surface area contributed by atoms with Crippen molar-refractivity contribution < 1.29 is 29.0 Å². The van der Waals surface area contributed by atoms with Gasteiger partial charge in [-0.15, -0.1) is 0 Å². The number of amides is 3. The van der Waals surface area contributed by atoms with Crippen LogP contribution in [0.3, 0.4) is 0 Å². The molecule has 0 saturated heterocycles. The summed E-state index contributed by atoms with van der Waals surface area (Å²) >= 11 is 0. The second-order valence-corrected chi connectivity index (χ2v) is 7.39. The lowest BCUT2D eigenvalue weighted by molar-refractivity contribution is -0.139. The molecule has 0 spiro atoms. The van der Waals surface area contributed by atoms with Gasteiger partial charge in [0.2, 0.25) is 5.91 Å². The van der Waals surface area contributed by atoms with E-state index in [1.807, 2.05) is 0 Å². The van der Waals surface area contributed by atoms with Crippen molar-refractivity contribution >= 4 is 23.7 Å². The van der Waals surface area contributed by atoms with E-state index in [1.165, 1.54) is 6.20 Å². The molecule has 2 heterocycles. The van der Waals surface area contributed by atoms with Crippen LogP contribution in [0.4, 0.5) is 0 Å². The number of hydrogen-bond acceptors (Lipinski definition) is 6. The van der Waals surface area contributed by atoms with Crippen LogP contribution in [-0.4, -0.2) is 50.8 Å². The van der Waals surface area contributed by atoms with Gasteiger partial charge in [-0.3, -0.25) is 24.3 Å². The molecular formula is C21H21N3O6. The molecule has 1 aliphatic heterocycles. The molecule has 9 heteroatoms. The summed E-state index contributed by atoms with van der Waals surface area (Å²) in [6, 6.07) is 9.69. The van der Waals surface area contributed by atoms with Crippen LogP contribution in [0.5, 0.6) is 5.75 Å². The first-order valence-electron chi connectivity index (χ1n) is 9.24. The molecule has 30 heavy (non-hydrogen) atoms. The minimum absolute atomic E-state index is 0.00677. The van der Waals surface area contributed by atoms with Crippen molar-refractivity contribution in [2.45, 2.75) is 32.4 Å². The van der Waals surface area contributed by atoms with Crippen LogP contribution < -0.4 is 10.1 Å². The van der Waals surface area contributed by atoms with E-state index < -0.39 is 35.8 Å². The molecule has 3 rings (SSSR count). The lowest BCUT2D eigenvalue weighted by Gasteiger charge is -2.33. The Bertz CT molecular complexity index is 982. The zero-order chi connectivity index (χ0) is 21.9. The van der Waals surface area contributed by atoms with Crippen molar-refractivity contribution in [3.05, 3.63) is 59.4 Å². The third-order valence-electron chi connectivity index (χ3n) is 4.65. The van der Waals surface area contributed by atoms with E-state index in [-0.39, 0.29) is 18.7 Å². The van der Waals surface area contributed by atoms with Crippen molar-refractivity contribution in [2.75, 3.05) is 6.61 Å². The van der Waals surface area contributed by atoms with Gasteiger partial charge in [0.1, 0.15) is 11.4 Å². The number of fused-ring (bicyclic) bond motifs is 1. The van der Waals surface area contributed by atoms with Gasteiger partial charge in [0.05, 0.1) is 23.2 Å². The van der Waals surface area contributed by atoms with Gasteiger partial charge in [-0.1, -0.05) is 12.1 Å². The summed E-state index contributed by atoms with van der Waals surface area (Å²) in [5.74, 6) is -2.13. The molecule has 1 aromatic heterocycles. The standard InChI is InChI=1S/C21H21N3O6/c1-21(2,24-19(28)13-6-3-4-7-14(13)20(24)29)10-17(25)23-11-15-16(8-5-9-22-15)30-12-18(26)27/h3-9H,10-12H2,1-2H3,(H,23,25)(H,26,27). The second kappa shape index (κ2) is 8.32. The molecule has 156 valence electrons. The predicted octanol–water partition coefficient (Wildman–Crippen LogP) is 1.63. The summed E-state index contributed by atoms with van der Waals surface area (Å²) in [5.41, 5.74) is -0.0377. The number of nitrogens with one attached hydrogen (secondary N) is 1. The Labute approximate surface area is 172 Å². The quantitative estimate of drug-likeness (QED) is 0.632. The van der Waals surface area contributed by atoms with Crippen molar-refractivity contribution in [1.82, 2.24) is 15.2 Å². The van der Waals surface area contributed by atoms with Crippen molar-refractivity contribution in [1.29, 1.82) is 0 Å². The zero-order valence-corrected chi connectivity index (χ0v) is 16.5. The van der Waals surface area contributed by atoms with Gasteiger partial charge < -0.3 is 15.2 Å². The Hall–Kier alpha value is -3.75. The Balaban J connectivity index is 1.65. The molecule has 0 aliphatic carbocycles. The van der Waals surface area contributed by atoms with Crippen LogP contribution in [0.1, 0.15) is 46.7 Å². The Morgan fingerprint density at radius 3 is 2.33 bits per heavy atom. The normalized spacial score (nSPS) is 13.2. The van der Waals surface area contributed by atoms with Gasteiger partial charge >= 0.3 is 5.97 Å². The van der Waals surface area contributed by atoms with Crippen LogP contribution in [0, 0.1) is 0 Å². The lowest BCUT2D eigenvalue weighted by atomic mass is 9.97. The number of benzene rings is 1. The third-order valence-corrected chi connectivity index (χ3v) is 4.65. The van der Waals surface area contributed by atoms with Crippen LogP contribution in [0.15, 0.2) is 42.6 Å². The number of carbonyl (C=O) groups excluding carboxylic acids is 3. The largest absolute Gasteiger partial charge is 0.480 e. The number of pyridine rings is 1. The summed E-state index contributed by atoms with van der Waals surface area (Å²) in [6.45, 7) is 2.78. The molecule has 0 radical (unpaired) electrons. The van der Waals surface area contributed by atoms with Crippen LogP contribution in [0.2, 0.25) is 0 Å². The number of imide groups is 1. The minimum Gasteiger partial charge on any atom is -0.480 e. The fourth-order valence-corrected chi connectivity index (χ4v) is 3.28. The molecule has 2 N–H and O–H groups in total. The first-order chi connectivity index (χ1) is 14.2. The molecule has 0 atom stereocenters. The monoisotopic (exact) mass is 411 g/mol. The van der Waals surface area contributed by atoms with Gasteiger partial charge in [0.25, 0.3) is 11.8 Å². The maximum Gasteiger partial charge on any atom is 0.341 e. The van der Waals surface area contributed by atoms with E-state index in [0.29, 0.717) is 16.8 Å². The van der Waals surface area contributed by atoms with Gasteiger partial charge in [-0.2, -0.15) is 0 Å². The van der Waals surface area contributed by atoms with Gasteiger partial charge in [-0.25, -0.2) is 4.79 Å². The number of ether oxygens (including phenoxy) is 1. The number of hydrogen-bond donors (Lipinski definition) is 2. The number of carboxylic acids is 1. The van der Waals surface area contributed by atoms with E-state index >= 15 is 0 Å².